The van der Waals surface area contributed by atoms with Gasteiger partial charge in [0, 0.05) is 46.9 Å². The van der Waals surface area contributed by atoms with E-state index in [9.17, 15) is 9.59 Å². The van der Waals surface area contributed by atoms with Gasteiger partial charge in [0.15, 0.2) is 11.6 Å². The molecule has 2 aromatic rings. The van der Waals surface area contributed by atoms with Crippen molar-refractivity contribution in [3.8, 4) is 11.5 Å². The van der Waals surface area contributed by atoms with Crippen LogP contribution in [0.15, 0.2) is 24.3 Å². The van der Waals surface area contributed by atoms with Crippen molar-refractivity contribution in [2.24, 2.45) is 0 Å². The Balaban J connectivity index is 1.84. The molecular weight excluding hydrogens is 511 g/mol. The monoisotopic (exact) mass is 546 g/mol. The van der Waals surface area contributed by atoms with Crippen LogP contribution in [0.1, 0.15) is 123 Å². The van der Waals surface area contributed by atoms with Gasteiger partial charge in [0.1, 0.15) is 11.5 Å². The van der Waals surface area contributed by atoms with Crippen molar-refractivity contribution in [3.63, 3.8) is 0 Å². The summed E-state index contributed by atoms with van der Waals surface area (Å²) in [5.41, 5.74) is 3.84. The van der Waals surface area contributed by atoms with Crippen LogP contribution in [0.25, 0.3) is 0 Å². The second-order valence-electron chi connectivity index (χ2n) is 11.9. The Morgan fingerprint density at radius 3 is 1.41 bits per heavy atom. The van der Waals surface area contributed by atoms with Crippen molar-refractivity contribution in [1.82, 2.24) is 0 Å². The van der Waals surface area contributed by atoms with Gasteiger partial charge in [-0.25, -0.2) is 0 Å². The van der Waals surface area contributed by atoms with Crippen molar-refractivity contribution >= 4 is 34.8 Å². The van der Waals surface area contributed by atoms with Crippen LogP contribution in [0.2, 0.25) is 0 Å². The Morgan fingerprint density at radius 1 is 0.703 bits per heavy atom. The molecule has 0 saturated carbocycles. The maximum Gasteiger partial charge on any atom is 0.233 e. The highest BCUT2D eigenvalue weighted by Crippen LogP contribution is 2.53. The topological polar surface area (TPSA) is 61.8 Å². The molecule has 200 valence electrons. The number of carbonyl (C=O) groups excluding carboxylic acids is 2. The molecule has 0 N–H and O–H groups in total. The highest BCUT2D eigenvalue weighted by molar-refractivity contribution is 6.18. The van der Waals surface area contributed by atoms with E-state index in [4.69, 9.17) is 37.4 Å². The summed E-state index contributed by atoms with van der Waals surface area (Å²) < 4.78 is 19.3. The predicted molar refractivity (Wildman–Crippen MR) is 147 cm³/mol. The second-order valence-corrected chi connectivity index (χ2v) is 12.6. The molecule has 0 saturated heterocycles. The van der Waals surface area contributed by atoms with Crippen LogP contribution >= 0.6 is 23.2 Å². The van der Waals surface area contributed by atoms with Crippen molar-refractivity contribution < 1.29 is 23.8 Å². The molecule has 37 heavy (non-hydrogen) atoms. The quantitative estimate of drug-likeness (QED) is 0.246. The number of hydrogen-bond acceptors (Lipinski definition) is 5. The molecule has 0 aliphatic carbocycles. The zero-order chi connectivity index (χ0) is 27.1. The Morgan fingerprint density at radius 2 is 1.08 bits per heavy atom. The third-order valence-electron chi connectivity index (χ3n) is 6.78. The van der Waals surface area contributed by atoms with Crippen LogP contribution in [-0.2, 0) is 15.6 Å². The minimum Gasteiger partial charge on any atom is -0.459 e. The molecule has 0 spiro atoms. The fourth-order valence-corrected chi connectivity index (χ4v) is 5.02. The molecule has 2 bridgehead atoms. The average Bonchev–Trinajstić information content (AvgIpc) is 2.83. The highest BCUT2D eigenvalue weighted by atomic mass is 35.5. The number of Topliss-reactive ketones (excluding diaryl/α,β-unsaturated/α-hetero) is 2. The standard InChI is InChI=1S/C30H36Cl2O5/c1-29(2,3)21-15-17(23(33)9-7-11-31)13-19-25(21)35-28-20-14-18(24(34)10-8-12-32)16-22(30(4,5)6)26(20)36-27(19)37-28/h13-16,27-28H,7-12H2,1-6H3. The summed E-state index contributed by atoms with van der Waals surface area (Å²) in [5.74, 6) is 2.27. The van der Waals surface area contributed by atoms with E-state index >= 15 is 0 Å². The minimum atomic E-state index is -0.734. The van der Waals surface area contributed by atoms with Crippen LogP contribution in [0.4, 0.5) is 0 Å². The van der Waals surface area contributed by atoms with Crippen LogP contribution in [0.5, 0.6) is 11.5 Å². The van der Waals surface area contributed by atoms with E-state index in [1.54, 1.807) is 0 Å². The van der Waals surface area contributed by atoms with E-state index in [0.717, 1.165) is 11.1 Å². The molecule has 2 unspecified atom stereocenters. The van der Waals surface area contributed by atoms with E-state index in [2.05, 4.69) is 41.5 Å². The van der Waals surface area contributed by atoms with Gasteiger partial charge in [-0.05, 0) is 47.9 Å². The van der Waals surface area contributed by atoms with E-state index in [1.807, 2.05) is 24.3 Å². The molecular formula is C30H36Cl2O5. The van der Waals surface area contributed by atoms with Crippen molar-refractivity contribution in [1.29, 1.82) is 0 Å². The number of halogens is 2. The van der Waals surface area contributed by atoms with Gasteiger partial charge in [-0.15, -0.1) is 23.2 Å². The van der Waals surface area contributed by atoms with Gasteiger partial charge in [-0.2, -0.15) is 0 Å². The number of fused-ring (bicyclic) bond motifs is 6. The fourth-order valence-electron chi connectivity index (χ4n) is 4.75. The van der Waals surface area contributed by atoms with Gasteiger partial charge in [-0.1, -0.05) is 41.5 Å². The highest BCUT2D eigenvalue weighted by Gasteiger charge is 2.43. The second kappa shape index (κ2) is 10.6. The van der Waals surface area contributed by atoms with Crippen LogP contribution in [0.3, 0.4) is 0 Å². The first-order valence-electron chi connectivity index (χ1n) is 12.9. The molecule has 2 aliphatic rings. The van der Waals surface area contributed by atoms with Crippen LogP contribution < -0.4 is 9.47 Å². The van der Waals surface area contributed by atoms with Crippen LogP contribution in [0, 0.1) is 0 Å². The number of alkyl halides is 2. The van der Waals surface area contributed by atoms with Crippen LogP contribution in [-0.4, -0.2) is 23.3 Å². The molecule has 2 aromatic carbocycles. The summed E-state index contributed by atoms with van der Waals surface area (Å²) in [6.45, 7) is 12.5. The number of ketones is 2. The largest absolute Gasteiger partial charge is 0.459 e. The summed E-state index contributed by atoms with van der Waals surface area (Å²) in [4.78, 5) is 26.0. The first-order chi connectivity index (χ1) is 17.3. The molecule has 2 atom stereocenters. The van der Waals surface area contributed by atoms with Crippen molar-refractivity contribution in [2.45, 2.75) is 90.6 Å². The van der Waals surface area contributed by atoms with Gasteiger partial charge in [0.25, 0.3) is 0 Å². The molecule has 2 heterocycles. The SMILES string of the molecule is CC(C)(C)c1cc(C(=O)CCCCl)cc2c1OC1OC2Oc2c1cc(C(=O)CCCCl)cc2C(C)(C)C. The fraction of sp³-hybridized carbons (Fsp3) is 0.533. The summed E-state index contributed by atoms with van der Waals surface area (Å²) in [6.07, 6.45) is 0.513. The Kier molecular flexibility index (Phi) is 8.00. The Bertz CT molecular complexity index is 1110. The predicted octanol–water partition coefficient (Wildman–Crippen LogP) is 8.18. The van der Waals surface area contributed by atoms with E-state index in [-0.39, 0.29) is 22.4 Å². The van der Waals surface area contributed by atoms with E-state index < -0.39 is 12.6 Å². The lowest BCUT2D eigenvalue weighted by atomic mass is 9.81. The lowest BCUT2D eigenvalue weighted by Crippen LogP contribution is -2.34. The first kappa shape index (κ1) is 27.9. The molecule has 2 aliphatic heterocycles. The van der Waals surface area contributed by atoms with Gasteiger partial charge >= 0.3 is 0 Å². The number of rotatable bonds is 8. The van der Waals surface area contributed by atoms with Gasteiger partial charge < -0.3 is 9.47 Å². The van der Waals surface area contributed by atoms with Gasteiger partial charge in [0.2, 0.25) is 12.6 Å². The smallest absolute Gasteiger partial charge is 0.233 e. The summed E-state index contributed by atoms with van der Waals surface area (Å²) in [5, 5.41) is 0. The Labute approximate surface area is 229 Å². The summed E-state index contributed by atoms with van der Waals surface area (Å²) in [7, 11) is 0. The zero-order valence-electron chi connectivity index (χ0n) is 22.5. The normalized spacial score (nSPS) is 18.4. The molecule has 0 amide bonds. The van der Waals surface area contributed by atoms with Gasteiger partial charge in [-0.3, -0.25) is 14.3 Å². The number of hydrogen-bond donors (Lipinski definition) is 0. The number of carbonyl (C=O) groups is 2. The zero-order valence-corrected chi connectivity index (χ0v) is 24.0. The first-order valence-corrected chi connectivity index (χ1v) is 14.0. The maximum absolute atomic E-state index is 13.0. The maximum atomic E-state index is 13.0. The number of benzene rings is 2. The van der Waals surface area contributed by atoms with Gasteiger partial charge in [0.05, 0.1) is 11.1 Å². The minimum absolute atomic E-state index is 0.0303. The Hall–Kier alpha value is -2.08. The average molecular weight is 548 g/mol. The van der Waals surface area contributed by atoms with Crippen molar-refractivity contribution in [2.75, 3.05) is 11.8 Å². The molecule has 0 fully saturated rings. The molecule has 0 radical (unpaired) electrons. The van der Waals surface area contributed by atoms with E-state index in [1.165, 1.54) is 0 Å². The molecule has 4 rings (SSSR count). The lowest BCUT2D eigenvalue weighted by Gasteiger charge is -2.41. The van der Waals surface area contributed by atoms with E-state index in [0.29, 0.717) is 71.2 Å². The third kappa shape index (κ3) is 5.69. The molecule has 7 heteroatoms. The third-order valence-corrected chi connectivity index (χ3v) is 7.31. The summed E-state index contributed by atoms with van der Waals surface area (Å²) in [6, 6.07) is 7.50. The van der Waals surface area contributed by atoms with Crippen molar-refractivity contribution in [3.05, 3.63) is 57.6 Å². The molecule has 5 nitrogen and oxygen atoms in total. The lowest BCUT2D eigenvalue weighted by molar-refractivity contribution is -0.228. The number of ether oxygens (including phenoxy) is 3. The molecule has 0 aromatic heterocycles. The summed E-state index contributed by atoms with van der Waals surface area (Å²) >= 11 is 11.7.